The highest BCUT2D eigenvalue weighted by Crippen LogP contribution is 2.33. The van der Waals surface area contributed by atoms with E-state index in [1.54, 1.807) is 17.6 Å². The summed E-state index contributed by atoms with van der Waals surface area (Å²) < 4.78 is 25.6. The lowest BCUT2D eigenvalue weighted by atomic mass is 9.80. The molecular formula is C20H23N3O4S. The van der Waals surface area contributed by atoms with Gasteiger partial charge in [0.15, 0.2) is 9.84 Å². The fourth-order valence-corrected chi connectivity index (χ4v) is 5.25. The van der Waals surface area contributed by atoms with Gasteiger partial charge < -0.3 is 0 Å². The van der Waals surface area contributed by atoms with Crippen LogP contribution in [-0.2, 0) is 14.6 Å². The summed E-state index contributed by atoms with van der Waals surface area (Å²) in [5.41, 5.74) is 2.93. The molecule has 2 aromatic carbocycles. The van der Waals surface area contributed by atoms with Crippen LogP contribution < -0.4 is 5.48 Å². The molecule has 0 aliphatic heterocycles. The molecule has 1 fully saturated rings. The van der Waals surface area contributed by atoms with Gasteiger partial charge in [-0.25, -0.2) is 13.9 Å². The van der Waals surface area contributed by atoms with Crippen molar-refractivity contribution in [2.75, 3.05) is 5.75 Å². The normalized spacial score (nSPS) is 20.2. The van der Waals surface area contributed by atoms with Crippen molar-refractivity contribution in [3.8, 4) is 0 Å². The van der Waals surface area contributed by atoms with E-state index < -0.39 is 21.7 Å². The van der Waals surface area contributed by atoms with Crippen molar-refractivity contribution >= 4 is 27.1 Å². The van der Waals surface area contributed by atoms with Gasteiger partial charge in [-0.3, -0.25) is 10.0 Å². The standard InChI is InChI=1S/C20H23N3O4S/c24-20(23-25)19-9-5-4-6-15(19)14-28(26,27)18-12-10-17(11-13-18)22-21-16-7-2-1-3-8-16/h1-3,7-8,10-13,15,19,25H,4-6,9,14H2,(H,23,24). The Morgan fingerprint density at radius 2 is 1.57 bits per heavy atom. The average Bonchev–Trinajstić information content (AvgIpc) is 2.73. The molecule has 0 bridgehead atoms. The van der Waals surface area contributed by atoms with Crippen molar-refractivity contribution in [1.29, 1.82) is 0 Å². The van der Waals surface area contributed by atoms with Crippen molar-refractivity contribution in [3.63, 3.8) is 0 Å². The number of rotatable bonds is 6. The molecule has 0 spiro atoms. The Morgan fingerprint density at radius 1 is 0.964 bits per heavy atom. The Morgan fingerprint density at radius 3 is 2.21 bits per heavy atom. The highest BCUT2D eigenvalue weighted by atomic mass is 32.2. The lowest BCUT2D eigenvalue weighted by Crippen LogP contribution is -2.38. The van der Waals surface area contributed by atoms with Gasteiger partial charge in [0.2, 0.25) is 5.91 Å². The van der Waals surface area contributed by atoms with Crippen LogP contribution in [0.2, 0.25) is 0 Å². The van der Waals surface area contributed by atoms with E-state index in [-0.39, 0.29) is 16.6 Å². The molecule has 1 aliphatic carbocycles. The molecule has 0 radical (unpaired) electrons. The van der Waals surface area contributed by atoms with E-state index in [2.05, 4.69) is 10.2 Å². The van der Waals surface area contributed by atoms with Crippen molar-refractivity contribution in [1.82, 2.24) is 5.48 Å². The summed E-state index contributed by atoms with van der Waals surface area (Å²) >= 11 is 0. The monoisotopic (exact) mass is 401 g/mol. The third-order valence-corrected chi connectivity index (χ3v) is 6.88. The Kier molecular flexibility index (Phi) is 6.53. The number of sulfone groups is 1. The second-order valence-corrected chi connectivity index (χ2v) is 8.97. The van der Waals surface area contributed by atoms with Crippen LogP contribution in [0.4, 0.5) is 11.4 Å². The molecule has 1 amide bonds. The zero-order chi connectivity index (χ0) is 20.0. The quantitative estimate of drug-likeness (QED) is 0.430. The van der Waals surface area contributed by atoms with E-state index in [1.807, 2.05) is 30.3 Å². The number of hydrogen-bond donors (Lipinski definition) is 2. The smallest absolute Gasteiger partial charge is 0.246 e. The predicted molar refractivity (Wildman–Crippen MR) is 104 cm³/mol. The number of nitrogens with one attached hydrogen (secondary N) is 1. The van der Waals surface area contributed by atoms with Crippen molar-refractivity contribution < 1.29 is 18.4 Å². The minimum atomic E-state index is -3.55. The highest BCUT2D eigenvalue weighted by Gasteiger charge is 2.34. The Bertz CT molecular complexity index is 928. The number of hydrogen-bond acceptors (Lipinski definition) is 6. The van der Waals surface area contributed by atoms with Crippen LogP contribution in [0.1, 0.15) is 25.7 Å². The second-order valence-electron chi connectivity index (χ2n) is 6.94. The zero-order valence-electron chi connectivity index (χ0n) is 15.4. The third-order valence-electron chi connectivity index (χ3n) is 5.02. The molecule has 1 aliphatic rings. The van der Waals surface area contributed by atoms with Crippen molar-refractivity contribution in [2.45, 2.75) is 30.6 Å². The molecule has 7 nitrogen and oxygen atoms in total. The van der Waals surface area contributed by atoms with Gasteiger partial charge in [-0.05, 0) is 55.2 Å². The number of carbonyl (C=O) groups is 1. The first-order valence-electron chi connectivity index (χ1n) is 9.23. The number of hydroxylamine groups is 1. The molecule has 0 aromatic heterocycles. The SMILES string of the molecule is O=C(NO)C1CCCCC1CS(=O)(=O)c1ccc(N=Nc2ccccc2)cc1. The summed E-state index contributed by atoms with van der Waals surface area (Å²) in [6.07, 6.45) is 2.98. The van der Waals surface area contributed by atoms with E-state index in [0.717, 1.165) is 12.8 Å². The van der Waals surface area contributed by atoms with Crippen LogP contribution >= 0.6 is 0 Å². The summed E-state index contributed by atoms with van der Waals surface area (Å²) in [4.78, 5) is 12.0. The molecular weight excluding hydrogens is 378 g/mol. The van der Waals surface area contributed by atoms with Gasteiger partial charge in [-0.1, -0.05) is 31.0 Å². The topological polar surface area (TPSA) is 108 Å². The Balaban J connectivity index is 1.71. The maximum absolute atomic E-state index is 12.8. The fourth-order valence-electron chi connectivity index (χ4n) is 3.54. The lowest BCUT2D eigenvalue weighted by Gasteiger charge is -2.29. The predicted octanol–water partition coefficient (Wildman–Crippen LogP) is 4.19. The molecule has 2 atom stereocenters. The van der Waals surface area contributed by atoms with Gasteiger partial charge in [0, 0.05) is 5.92 Å². The van der Waals surface area contributed by atoms with Gasteiger partial charge in [0.1, 0.15) is 0 Å². The second kappa shape index (κ2) is 9.07. The van der Waals surface area contributed by atoms with Crippen LogP contribution in [0.5, 0.6) is 0 Å². The number of amides is 1. The number of nitrogens with zero attached hydrogens (tertiary/aromatic N) is 2. The van der Waals surface area contributed by atoms with E-state index in [9.17, 15) is 13.2 Å². The molecule has 0 saturated heterocycles. The lowest BCUT2D eigenvalue weighted by molar-refractivity contribution is -0.135. The van der Waals surface area contributed by atoms with Crippen molar-refractivity contribution in [2.24, 2.45) is 22.1 Å². The molecule has 2 N–H and O–H groups in total. The van der Waals surface area contributed by atoms with Gasteiger partial charge in [-0.15, -0.1) is 0 Å². The first-order chi connectivity index (χ1) is 13.5. The number of azo groups is 1. The van der Waals surface area contributed by atoms with Crippen LogP contribution in [0.15, 0.2) is 69.7 Å². The van der Waals surface area contributed by atoms with Crippen LogP contribution in [0.3, 0.4) is 0 Å². The largest absolute Gasteiger partial charge is 0.289 e. The number of benzene rings is 2. The zero-order valence-corrected chi connectivity index (χ0v) is 16.2. The van der Waals surface area contributed by atoms with Crippen LogP contribution in [0.25, 0.3) is 0 Å². The van der Waals surface area contributed by atoms with E-state index in [0.29, 0.717) is 24.2 Å². The molecule has 3 rings (SSSR count). The summed E-state index contributed by atoms with van der Waals surface area (Å²) in [6.45, 7) is 0. The Hall–Kier alpha value is -2.58. The molecule has 28 heavy (non-hydrogen) atoms. The van der Waals surface area contributed by atoms with Crippen LogP contribution in [0, 0.1) is 11.8 Å². The molecule has 1 saturated carbocycles. The molecule has 2 aromatic rings. The molecule has 2 unspecified atom stereocenters. The molecule has 148 valence electrons. The van der Waals surface area contributed by atoms with Crippen LogP contribution in [-0.4, -0.2) is 25.3 Å². The summed E-state index contributed by atoms with van der Waals surface area (Å²) in [6, 6.07) is 15.5. The van der Waals surface area contributed by atoms with Gasteiger partial charge in [0.25, 0.3) is 0 Å². The summed E-state index contributed by atoms with van der Waals surface area (Å²) in [7, 11) is -3.55. The van der Waals surface area contributed by atoms with E-state index in [4.69, 9.17) is 5.21 Å². The third kappa shape index (κ3) is 5.02. The fraction of sp³-hybridized carbons (Fsp3) is 0.350. The summed E-state index contributed by atoms with van der Waals surface area (Å²) in [5, 5.41) is 17.1. The average molecular weight is 401 g/mol. The maximum atomic E-state index is 12.8. The molecule has 0 heterocycles. The van der Waals surface area contributed by atoms with Gasteiger partial charge in [0.05, 0.1) is 22.0 Å². The number of carbonyl (C=O) groups excluding carboxylic acids is 1. The summed E-state index contributed by atoms with van der Waals surface area (Å²) in [5.74, 6) is -1.40. The molecule has 8 heteroatoms. The maximum Gasteiger partial charge on any atom is 0.246 e. The van der Waals surface area contributed by atoms with Gasteiger partial charge in [-0.2, -0.15) is 10.2 Å². The highest BCUT2D eigenvalue weighted by molar-refractivity contribution is 7.91. The minimum absolute atomic E-state index is 0.115. The van der Waals surface area contributed by atoms with E-state index in [1.165, 1.54) is 12.1 Å². The Labute approximate surface area is 164 Å². The minimum Gasteiger partial charge on any atom is -0.289 e. The first kappa shape index (κ1) is 20.2. The first-order valence-corrected chi connectivity index (χ1v) is 10.9. The van der Waals surface area contributed by atoms with Crippen molar-refractivity contribution in [3.05, 3.63) is 54.6 Å². The van der Waals surface area contributed by atoms with E-state index >= 15 is 0 Å². The van der Waals surface area contributed by atoms with Gasteiger partial charge >= 0.3 is 0 Å².